The number of nitrogens with zero attached hydrogens (tertiary/aromatic N) is 2. The molecule has 1 fully saturated rings. The fourth-order valence-electron chi connectivity index (χ4n) is 3.09. The molecule has 0 radical (unpaired) electrons. The molecule has 9 heteroatoms. The van der Waals surface area contributed by atoms with Crippen molar-refractivity contribution in [2.45, 2.75) is 11.4 Å². The SMILES string of the molecule is CS(=O)(=O)c1ccc(Cl)c(C(=O)N2CCN(Cc3c(F)cccc3Cl)CC2)c1. The van der Waals surface area contributed by atoms with Crippen LogP contribution in [-0.2, 0) is 16.4 Å². The summed E-state index contributed by atoms with van der Waals surface area (Å²) >= 11 is 12.2. The molecular formula is C19H19Cl2FN2O3S. The molecule has 2 aromatic carbocycles. The molecule has 0 bridgehead atoms. The second-order valence-electron chi connectivity index (χ2n) is 6.68. The lowest BCUT2D eigenvalue weighted by Crippen LogP contribution is -2.48. The summed E-state index contributed by atoms with van der Waals surface area (Å²) in [6.07, 6.45) is 1.08. The highest BCUT2D eigenvalue weighted by Gasteiger charge is 2.25. The van der Waals surface area contributed by atoms with E-state index in [1.165, 1.54) is 24.3 Å². The first-order valence-corrected chi connectivity index (χ1v) is 11.3. The molecule has 0 saturated carbocycles. The summed E-state index contributed by atoms with van der Waals surface area (Å²) in [5.41, 5.74) is 0.600. The summed E-state index contributed by atoms with van der Waals surface area (Å²) in [5, 5.41) is 0.584. The van der Waals surface area contributed by atoms with Crippen LogP contribution in [0, 0.1) is 5.82 Å². The molecule has 1 aliphatic rings. The van der Waals surface area contributed by atoms with Gasteiger partial charge in [0.1, 0.15) is 5.82 Å². The number of piperazine rings is 1. The number of benzene rings is 2. The zero-order valence-electron chi connectivity index (χ0n) is 15.2. The fraction of sp³-hybridized carbons (Fsp3) is 0.316. The van der Waals surface area contributed by atoms with Gasteiger partial charge in [-0.15, -0.1) is 0 Å². The highest BCUT2D eigenvalue weighted by Crippen LogP contribution is 2.24. The molecule has 0 N–H and O–H groups in total. The Morgan fingerprint density at radius 1 is 1.07 bits per heavy atom. The summed E-state index contributed by atoms with van der Waals surface area (Å²) in [5.74, 6) is -0.672. The zero-order valence-corrected chi connectivity index (χ0v) is 17.5. The first kappa shape index (κ1) is 21.0. The van der Waals surface area contributed by atoms with Crippen LogP contribution in [0.2, 0.25) is 10.0 Å². The standard InChI is InChI=1S/C19H19Cl2FN2O3S/c1-28(26,27)13-5-6-17(21)14(11-13)19(25)24-9-7-23(8-10-24)12-15-16(20)3-2-4-18(15)22/h2-6,11H,7-10,12H2,1H3. The van der Waals surface area contributed by atoms with E-state index in [1.54, 1.807) is 17.0 Å². The van der Waals surface area contributed by atoms with Crippen molar-refractivity contribution in [2.24, 2.45) is 0 Å². The van der Waals surface area contributed by atoms with E-state index < -0.39 is 9.84 Å². The summed E-state index contributed by atoms with van der Waals surface area (Å²) < 4.78 is 37.5. The quantitative estimate of drug-likeness (QED) is 0.723. The molecule has 0 aromatic heterocycles. The molecule has 1 amide bonds. The van der Waals surface area contributed by atoms with Crippen molar-refractivity contribution in [1.29, 1.82) is 0 Å². The van der Waals surface area contributed by atoms with Crippen molar-refractivity contribution in [2.75, 3.05) is 32.4 Å². The van der Waals surface area contributed by atoms with Gasteiger partial charge < -0.3 is 4.90 Å². The molecule has 0 spiro atoms. The zero-order chi connectivity index (χ0) is 20.5. The maximum atomic E-state index is 14.0. The molecule has 1 aliphatic heterocycles. The Hall–Kier alpha value is -1.67. The molecule has 0 unspecified atom stereocenters. The number of hydrogen-bond acceptors (Lipinski definition) is 4. The van der Waals surface area contributed by atoms with Crippen LogP contribution in [0.25, 0.3) is 0 Å². The number of carbonyl (C=O) groups is 1. The number of amides is 1. The molecule has 3 rings (SSSR count). The Bertz CT molecular complexity index is 986. The number of hydrogen-bond donors (Lipinski definition) is 0. The molecular weight excluding hydrogens is 426 g/mol. The molecule has 5 nitrogen and oxygen atoms in total. The molecule has 0 aliphatic carbocycles. The van der Waals surface area contributed by atoms with Crippen LogP contribution in [0.1, 0.15) is 15.9 Å². The van der Waals surface area contributed by atoms with Gasteiger partial charge in [-0.1, -0.05) is 29.3 Å². The van der Waals surface area contributed by atoms with Crippen LogP contribution < -0.4 is 0 Å². The molecule has 1 heterocycles. The van der Waals surface area contributed by atoms with Crippen molar-refractivity contribution in [3.05, 3.63) is 63.4 Å². The number of sulfone groups is 1. The fourth-order valence-corrected chi connectivity index (χ4v) is 4.15. The van der Waals surface area contributed by atoms with E-state index in [4.69, 9.17) is 23.2 Å². The molecule has 1 saturated heterocycles. The van der Waals surface area contributed by atoms with Gasteiger partial charge in [0.25, 0.3) is 5.91 Å². The van der Waals surface area contributed by atoms with Gasteiger partial charge in [-0.25, -0.2) is 12.8 Å². The Kier molecular flexibility index (Phi) is 6.29. The minimum absolute atomic E-state index is 0.0491. The summed E-state index contributed by atoms with van der Waals surface area (Å²) in [7, 11) is -3.44. The van der Waals surface area contributed by atoms with E-state index in [0.717, 1.165) is 6.26 Å². The van der Waals surface area contributed by atoms with Crippen LogP contribution in [0.4, 0.5) is 4.39 Å². The normalized spacial score (nSPS) is 15.6. The third-order valence-electron chi connectivity index (χ3n) is 4.70. The monoisotopic (exact) mass is 444 g/mol. The summed E-state index contributed by atoms with van der Waals surface area (Å²) in [4.78, 5) is 16.5. The maximum absolute atomic E-state index is 14.0. The van der Waals surface area contributed by atoms with E-state index in [0.29, 0.717) is 43.3 Å². The topological polar surface area (TPSA) is 57.7 Å². The Morgan fingerprint density at radius 3 is 2.36 bits per heavy atom. The van der Waals surface area contributed by atoms with Gasteiger partial charge >= 0.3 is 0 Å². The predicted octanol–water partition coefficient (Wildman–Crippen LogP) is 3.49. The minimum Gasteiger partial charge on any atom is -0.336 e. The third-order valence-corrected chi connectivity index (χ3v) is 6.49. The first-order chi connectivity index (χ1) is 13.2. The van der Waals surface area contributed by atoms with Crippen LogP contribution in [-0.4, -0.2) is 56.6 Å². The van der Waals surface area contributed by atoms with Gasteiger partial charge in [-0.2, -0.15) is 0 Å². The second-order valence-corrected chi connectivity index (χ2v) is 9.51. The smallest absolute Gasteiger partial charge is 0.255 e. The second kappa shape index (κ2) is 8.37. The van der Waals surface area contributed by atoms with Gasteiger partial charge in [0.05, 0.1) is 15.5 Å². The van der Waals surface area contributed by atoms with Gasteiger partial charge in [0, 0.05) is 49.6 Å². The van der Waals surface area contributed by atoms with Crippen molar-refractivity contribution < 1.29 is 17.6 Å². The highest BCUT2D eigenvalue weighted by molar-refractivity contribution is 7.90. The van der Waals surface area contributed by atoms with Gasteiger partial charge in [-0.3, -0.25) is 9.69 Å². The lowest BCUT2D eigenvalue weighted by Gasteiger charge is -2.35. The van der Waals surface area contributed by atoms with Crippen molar-refractivity contribution in [1.82, 2.24) is 9.80 Å². The summed E-state index contributed by atoms with van der Waals surface area (Å²) in [6.45, 7) is 2.28. The Balaban J connectivity index is 1.69. The van der Waals surface area contributed by atoms with E-state index in [2.05, 4.69) is 0 Å². The Labute approximate surface area is 173 Å². The average Bonchev–Trinajstić information content (AvgIpc) is 2.64. The largest absolute Gasteiger partial charge is 0.336 e. The molecule has 28 heavy (non-hydrogen) atoms. The average molecular weight is 445 g/mol. The van der Waals surface area contributed by atoms with Crippen LogP contribution in [0.5, 0.6) is 0 Å². The molecule has 2 aromatic rings. The van der Waals surface area contributed by atoms with Crippen LogP contribution in [0.15, 0.2) is 41.3 Å². The molecule has 150 valence electrons. The summed E-state index contributed by atoms with van der Waals surface area (Å²) in [6, 6.07) is 8.69. The minimum atomic E-state index is -3.44. The third kappa shape index (κ3) is 4.66. The van der Waals surface area contributed by atoms with Gasteiger partial charge in [0.2, 0.25) is 0 Å². The lowest BCUT2D eigenvalue weighted by molar-refractivity contribution is 0.0627. The predicted molar refractivity (Wildman–Crippen MR) is 107 cm³/mol. The van der Waals surface area contributed by atoms with Gasteiger partial charge in [-0.05, 0) is 30.3 Å². The van der Waals surface area contributed by atoms with Crippen molar-refractivity contribution >= 4 is 38.9 Å². The van der Waals surface area contributed by atoms with E-state index in [-0.39, 0.29) is 27.2 Å². The van der Waals surface area contributed by atoms with Crippen LogP contribution >= 0.6 is 23.2 Å². The molecule has 0 atom stereocenters. The number of rotatable bonds is 4. The van der Waals surface area contributed by atoms with Crippen molar-refractivity contribution in [3.63, 3.8) is 0 Å². The van der Waals surface area contributed by atoms with E-state index in [1.807, 2.05) is 4.90 Å². The number of carbonyl (C=O) groups excluding carboxylic acids is 1. The highest BCUT2D eigenvalue weighted by atomic mass is 35.5. The van der Waals surface area contributed by atoms with E-state index in [9.17, 15) is 17.6 Å². The van der Waals surface area contributed by atoms with Gasteiger partial charge in [0.15, 0.2) is 9.84 Å². The number of halogens is 3. The first-order valence-electron chi connectivity index (χ1n) is 8.61. The maximum Gasteiger partial charge on any atom is 0.255 e. The van der Waals surface area contributed by atoms with Crippen LogP contribution in [0.3, 0.4) is 0 Å². The Morgan fingerprint density at radius 2 is 1.75 bits per heavy atom. The lowest BCUT2D eigenvalue weighted by atomic mass is 10.1. The van der Waals surface area contributed by atoms with E-state index >= 15 is 0 Å². The van der Waals surface area contributed by atoms with Crippen molar-refractivity contribution in [3.8, 4) is 0 Å².